The van der Waals surface area contributed by atoms with Crippen molar-refractivity contribution in [1.82, 2.24) is 20.0 Å². The maximum atomic E-state index is 13.5. The number of para-hydroxylation sites is 1. The second kappa shape index (κ2) is 11.4. The van der Waals surface area contributed by atoms with Gasteiger partial charge in [-0.05, 0) is 55.6 Å². The van der Waals surface area contributed by atoms with E-state index in [1.54, 1.807) is 11.9 Å². The molecule has 3 amide bonds. The summed E-state index contributed by atoms with van der Waals surface area (Å²) in [6.45, 7) is 6.28. The molecule has 0 saturated carbocycles. The topological polar surface area (TPSA) is 93.9 Å². The Labute approximate surface area is 214 Å². The molecule has 2 aliphatic heterocycles. The summed E-state index contributed by atoms with van der Waals surface area (Å²) in [5.74, 6) is -0.678. The van der Waals surface area contributed by atoms with Gasteiger partial charge in [0.05, 0.1) is 12.3 Å². The number of urea groups is 1. The number of anilines is 1. The van der Waals surface area contributed by atoms with Crippen molar-refractivity contribution in [3.63, 3.8) is 0 Å². The molecule has 0 aromatic heterocycles. The van der Waals surface area contributed by atoms with E-state index in [-0.39, 0.29) is 17.9 Å². The van der Waals surface area contributed by atoms with Crippen LogP contribution >= 0.6 is 0 Å². The smallest absolute Gasteiger partial charge is 0.327 e. The summed E-state index contributed by atoms with van der Waals surface area (Å²) in [5, 5.41) is 7.09. The van der Waals surface area contributed by atoms with E-state index in [4.69, 9.17) is 5.73 Å². The number of amides is 3. The lowest BCUT2D eigenvalue weighted by Crippen LogP contribution is -2.69. The standard InChI is InChI=1S/C28H40N6O2/c1-19(2)17-34-25(29)24(27(35)33(4)28(34)36)26(31-22-9-6-5-7-10-22)32(3)18-20-12-14-21(15-13-20)23-11-8-16-30-23/h5-7,9-10,12-15,19,23-26,30-31H,8,11,16-18,29H2,1-4H3. The summed E-state index contributed by atoms with van der Waals surface area (Å²) >= 11 is 0. The number of hydrogen-bond acceptors (Lipinski definition) is 6. The zero-order valence-electron chi connectivity index (χ0n) is 21.9. The molecule has 0 bridgehead atoms. The predicted octanol–water partition coefficient (Wildman–Crippen LogP) is 3.43. The van der Waals surface area contributed by atoms with Crippen LogP contribution in [0.5, 0.6) is 0 Å². The third-order valence-corrected chi connectivity index (χ3v) is 7.22. The van der Waals surface area contributed by atoms with Gasteiger partial charge in [0.1, 0.15) is 5.92 Å². The molecule has 2 fully saturated rings. The molecule has 4 atom stereocenters. The SMILES string of the molecule is CC(C)CN1C(=O)N(C)C(=O)C(C(Nc2ccccc2)N(C)Cc2ccc(C3CCCN3)cc2)C1N. The minimum atomic E-state index is -0.733. The number of nitrogens with zero attached hydrogens (tertiary/aromatic N) is 3. The quantitative estimate of drug-likeness (QED) is 0.465. The van der Waals surface area contributed by atoms with Crippen molar-refractivity contribution in [3.8, 4) is 0 Å². The molecule has 4 rings (SSSR count). The molecule has 2 aromatic rings. The molecule has 2 saturated heterocycles. The highest BCUT2D eigenvalue weighted by Gasteiger charge is 2.48. The van der Waals surface area contributed by atoms with E-state index in [1.807, 2.05) is 51.2 Å². The Hall–Kier alpha value is -2.94. The number of rotatable bonds is 9. The number of imide groups is 1. The third-order valence-electron chi connectivity index (χ3n) is 7.22. The van der Waals surface area contributed by atoms with Gasteiger partial charge in [-0.2, -0.15) is 0 Å². The van der Waals surface area contributed by atoms with E-state index in [2.05, 4.69) is 39.8 Å². The minimum absolute atomic E-state index is 0.230. The van der Waals surface area contributed by atoms with Crippen molar-refractivity contribution in [3.05, 3.63) is 65.7 Å². The van der Waals surface area contributed by atoms with Gasteiger partial charge in [-0.3, -0.25) is 14.6 Å². The summed E-state index contributed by atoms with van der Waals surface area (Å²) in [5.41, 5.74) is 10.0. The highest BCUT2D eigenvalue weighted by atomic mass is 16.2. The molecule has 0 spiro atoms. The van der Waals surface area contributed by atoms with Crippen LogP contribution in [-0.2, 0) is 11.3 Å². The number of nitrogens with one attached hydrogen (secondary N) is 2. The molecule has 2 aromatic carbocycles. The van der Waals surface area contributed by atoms with Crippen LogP contribution in [-0.4, -0.2) is 66.2 Å². The van der Waals surface area contributed by atoms with Crippen LogP contribution in [0.4, 0.5) is 10.5 Å². The molecule has 0 aliphatic carbocycles. The van der Waals surface area contributed by atoms with Crippen molar-refractivity contribution in [2.75, 3.05) is 32.5 Å². The first-order valence-electron chi connectivity index (χ1n) is 12.9. The predicted molar refractivity (Wildman–Crippen MR) is 143 cm³/mol. The van der Waals surface area contributed by atoms with Crippen molar-refractivity contribution in [2.24, 2.45) is 17.6 Å². The van der Waals surface area contributed by atoms with E-state index < -0.39 is 18.2 Å². The number of hydrogen-bond donors (Lipinski definition) is 3. The van der Waals surface area contributed by atoms with Gasteiger partial charge in [-0.1, -0.05) is 56.3 Å². The first-order chi connectivity index (χ1) is 17.3. The Morgan fingerprint density at radius 2 is 1.81 bits per heavy atom. The van der Waals surface area contributed by atoms with E-state index in [0.29, 0.717) is 19.1 Å². The average Bonchev–Trinajstić information content (AvgIpc) is 3.41. The largest absolute Gasteiger partial charge is 0.369 e. The first-order valence-corrected chi connectivity index (χ1v) is 12.9. The summed E-state index contributed by atoms with van der Waals surface area (Å²) in [4.78, 5) is 31.4. The Balaban J connectivity index is 1.60. The molecule has 4 unspecified atom stereocenters. The number of nitrogens with two attached hydrogens (primary N) is 1. The molecule has 8 heteroatoms. The lowest BCUT2D eigenvalue weighted by atomic mass is 9.94. The van der Waals surface area contributed by atoms with Gasteiger partial charge in [0.25, 0.3) is 0 Å². The van der Waals surface area contributed by atoms with Gasteiger partial charge >= 0.3 is 6.03 Å². The Kier molecular flexibility index (Phi) is 8.28. The minimum Gasteiger partial charge on any atom is -0.369 e. The van der Waals surface area contributed by atoms with E-state index >= 15 is 0 Å². The number of benzene rings is 2. The molecular weight excluding hydrogens is 452 g/mol. The van der Waals surface area contributed by atoms with Crippen LogP contribution < -0.4 is 16.4 Å². The highest BCUT2D eigenvalue weighted by Crippen LogP contribution is 2.28. The maximum absolute atomic E-state index is 13.5. The maximum Gasteiger partial charge on any atom is 0.327 e. The molecule has 194 valence electrons. The van der Waals surface area contributed by atoms with Crippen LogP contribution in [0.25, 0.3) is 0 Å². The Bertz CT molecular complexity index is 1020. The lowest BCUT2D eigenvalue weighted by Gasteiger charge is -2.47. The van der Waals surface area contributed by atoms with Gasteiger partial charge < -0.3 is 21.3 Å². The van der Waals surface area contributed by atoms with Gasteiger partial charge in [-0.15, -0.1) is 0 Å². The van der Waals surface area contributed by atoms with Crippen LogP contribution in [0, 0.1) is 11.8 Å². The van der Waals surface area contributed by atoms with Crippen LogP contribution in [0.1, 0.15) is 43.9 Å². The first kappa shape index (κ1) is 26.1. The second-order valence-corrected chi connectivity index (χ2v) is 10.5. The fourth-order valence-electron chi connectivity index (χ4n) is 5.28. The van der Waals surface area contributed by atoms with Crippen molar-refractivity contribution in [1.29, 1.82) is 0 Å². The fourth-order valence-corrected chi connectivity index (χ4v) is 5.28. The summed E-state index contributed by atoms with van der Waals surface area (Å²) in [6, 6.07) is 18.6. The van der Waals surface area contributed by atoms with Crippen LogP contribution in [0.15, 0.2) is 54.6 Å². The zero-order valence-corrected chi connectivity index (χ0v) is 21.9. The number of carbonyl (C=O) groups excluding carboxylic acids is 2. The molecular formula is C28H40N6O2. The summed E-state index contributed by atoms with van der Waals surface area (Å²) in [6.07, 6.45) is 1.23. The fraction of sp³-hybridized carbons (Fsp3) is 0.500. The third kappa shape index (κ3) is 5.72. The van der Waals surface area contributed by atoms with Crippen molar-refractivity contribution >= 4 is 17.6 Å². The molecule has 2 heterocycles. The van der Waals surface area contributed by atoms with Gasteiger partial charge in [0.15, 0.2) is 0 Å². The summed E-state index contributed by atoms with van der Waals surface area (Å²) < 4.78 is 0. The highest BCUT2D eigenvalue weighted by molar-refractivity contribution is 5.98. The number of carbonyl (C=O) groups is 2. The Morgan fingerprint density at radius 3 is 2.42 bits per heavy atom. The lowest BCUT2D eigenvalue weighted by molar-refractivity contribution is -0.140. The van der Waals surface area contributed by atoms with E-state index in [0.717, 1.165) is 17.8 Å². The van der Waals surface area contributed by atoms with Crippen molar-refractivity contribution < 1.29 is 9.59 Å². The van der Waals surface area contributed by atoms with Crippen molar-refractivity contribution in [2.45, 2.75) is 51.6 Å². The average molecular weight is 493 g/mol. The van der Waals surface area contributed by atoms with Crippen LogP contribution in [0.3, 0.4) is 0 Å². The van der Waals surface area contributed by atoms with E-state index in [9.17, 15) is 9.59 Å². The molecule has 36 heavy (non-hydrogen) atoms. The molecule has 4 N–H and O–H groups in total. The monoisotopic (exact) mass is 492 g/mol. The van der Waals surface area contributed by atoms with Gasteiger partial charge in [-0.25, -0.2) is 4.79 Å². The molecule has 8 nitrogen and oxygen atoms in total. The van der Waals surface area contributed by atoms with Crippen LogP contribution in [0.2, 0.25) is 0 Å². The molecule has 0 radical (unpaired) electrons. The Morgan fingerprint density at radius 1 is 1.11 bits per heavy atom. The molecule has 2 aliphatic rings. The van der Waals surface area contributed by atoms with E-state index in [1.165, 1.54) is 23.3 Å². The zero-order chi connectivity index (χ0) is 25.8. The van der Waals surface area contributed by atoms with Gasteiger partial charge in [0.2, 0.25) is 5.91 Å². The normalized spacial score (nSPS) is 23.6. The summed E-state index contributed by atoms with van der Waals surface area (Å²) in [7, 11) is 3.54. The second-order valence-electron chi connectivity index (χ2n) is 10.5. The van der Waals surface area contributed by atoms with Gasteiger partial charge in [0, 0.05) is 31.9 Å².